The van der Waals surface area contributed by atoms with Gasteiger partial charge in [0, 0.05) is 15.2 Å². The summed E-state index contributed by atoms with van der Waals surface area (Å²) in [7, 11) is 0. The lowest BCUT2D eigenvalue weighted by Crippen LogP contribution is -2.37. The molecule has 0 aliphatic heterocycles. The number of nitrogens with one attached hydrogen (secondary N) is 2. The van der Waals surface area contributed by atoms with Gasteiger partial charge in [-0.25, -0.2) is 5.43 Å². The van der Waals surface area contributed by atoms with E-state index in [0.717, 1.165) is 21.4 Å². The van der Waals surface area contributed by atoms with E-state index in [1.807, 2.05) is 50.2 Å². The zero-order chi connectivity index (χ0) is 17.5. The molecule has 1 amide bonds. The summed E-state index contributed by atoms with van der Waals surface area (Å²) in [4.78, 5) is 12.3. The van der Waals surface area contributed by atoms with Crippen LogP contribution in [0, 0.1) is 0 Å². The fourth-order valence-electron chi connectivity index (χ4n) is 2.07. The number of rotatable bonds is 6. The first-order valence-corrected chi connectivity index (χ1v) is 8.79. The normalized spacial score (nSPS) is 12.6. The third-order valence-electron chi connectivity index (χ3n) is 3.51. The second-order valence-corrected chi connectivity index (χ2v) is 6.64. The lowest BCUT2D eigenvalue weighted by molar-refractivity contribution is -0.121. The molecule has 0 heterocycles. The maximum atomic E-state index is 12.3. The first-order valence-electron chi connectivity index (χ1n) is 7.61. The summed E-state index contributed by atoms with van der Waals surface area (Å²) in [6.07, 6.45) is 0.640. The molecule has 1 atom stereocenters. The molecule has 0 fully saturated rings. The fraction of sp³-hybridized carbons (Fsp3) is 0.222. The van der Waals surface area contributed by atoms with Gasteiger partial charge in [0.2, 0.25) is 0 Å². The number of hydrogen-bond acceptors (Lipinski definition) is 3. The smallest absolute Gasteiger partial charge is 0.262 e. The summed E-state index contributed by atoms with van der Waals surface area (Å²) in [5, 5.41) is 8.03. The maximum absolute atomic E-state index is 12.3. The molecule has 0 aromatic heterocycles. The van der Waals surface area contributed by atoms with Gasteiger partial charge in [-0.05, 0) is 55.3 Å². The molecule has 0 aliphatic carbocycles. The van der Waals surface area contributed by atoms with Gasteiger partial charge in [-0.2, -0.15) is 5.10 Å². The highest BCUT2D eigenvalue weighted by Gasteiger charge is 2.15. The van der Waals surface area contributed by atoms with Crippen LogP contribution in [0.1, 0.15) is 25.8 Å². The number of halogens is 2. The van der Waals surface area contributed by atoms with Gasteiger partial charge in [-0.1, -0.05) is 46.6 Å². The number of anilines is 1. The van der Waals surface area contributed by atoms with Crippen molar-refractivity contribution in [1.29, 1.82) is 0 Å². The van der Waals surface area contributed by atoms with Crippen molar-refractivity contribution in [2.24, 2.45) is 5.10 Å². The van der Waals surface area contributed by atoms with Gasteiger partial charge in [-0.3, -0.25) is 4.79 Å². The molecule has 2 rings (SSSR count). The molecule has 24 heavy (non-hydrogen) atoms. The minimum atomic E-state index is -0.368. The van der Waals surface area contributed by atoms with Gasteiger partial charge < -0.3 is 5.32 Å². The number of carbonyl (C=O) groups is 1. The third-order valence-corrected chi connectivity index (χ3v) is 4.29. The van der Waals surface area contributed by atoms with E-state index in [2.05, 4.69) is 31.8 Å². The summed E-state index contributed by atoms with van der Waals surface area (Å²) >= 11 is 9.26. The Morgan fingerprint density at radius 1 is 1.17 bits per heavy atom. The molecule has 126 valence electrons. The number of hydrazone groups is 1. The summed E-state index contributed by atoms with van der Waals surface area (Å²) in [5.41, 5.74) is 5.17. The van der Waals surface area contributed by atoms with Crippen molar-refractivity contribution in [1.82, 2.24) is 5.43 Å². The number of amides is 1. The van der Waals surface area contributed by atoms with Gasteiger partial charge in [0.15, 0.2) is 0 Å². The summed E-state index contributed by atoms with van der Waals surface area (Å²) in [5.74, 6) is -0.177. The molecule has 0 aliphatic rings. The molecular formula is C18H19BrClN3O. The van der Waals surface area contributed by atoms with Crippen LogP contribution in [0.2, 0.25) is 5.02 Å². The van der Waals surface area contributed by atoms with Crippen molar-refractivity contribution in [3.63, 3.8) is 0 Å². The van der Waals surface area contributed by atoms with Crippen LogP contribution in [0.25, 0.3) is 0 Å². The highest BCUT2D eigenvalue weighted by atomic mass is 79.9. The van der Waals surface area contributed by atoms with Gasteiger partial charge >= 0.3 is 0 Å². The fourth-order valence-corrected chi connectivity index (χ4v) is 2.46. The number of nitrogens with zero attached hydrogens (tertiary/aromatic N) is 1. The van der Waals surface area contributed by atoms with Crippen molar-refractivity contribution < 1.29 is 4.79 Å². The van der Waals surface area contributed by atoms with E-state index in [0.29, 0.717) is 11.4 Å². The van der Waals surface area contributed by atoms with Crippen molar-refractivity contribution in [3.05, 3.63) is 63.6 Å². The van der Waals surface area contributed by atoms with Crippen LogP contribution in [0.15, 0.2) is 58.1 Å². The van der Waals surface area contributed by atoms with Crippen LogP contribution in [-0.4, -0.2) is 17.7 Å². The Kier molecular flexibility index (Phi) is 6.82. The van der Waals surface area contributed by atoms with Gasteiger partial charge in [0.1, 0.15) is 6.04 Å². The van der Waals surface area contributed by atoms with Crippen molar-refractivity contribution >= 4 is 44.8 Å². The zero-order valence-corrected chi connectivity index (χ0v) is 15.9. The second kappa shape index (κ2) is 8.85. The summed E-state index contributed by atoms with van der Waals surface area (Å²) in [6, 6.07) is 14.6. The average molecular weight is 409 g/mol. The largest absolute Gasteiger partial charge is 0.374 e. The number of carbonyl (C=O) groups excluding carboxylic acids is 1. The van der Waals surface area contributed by atoms with E-state index < -0.39 is 0 Å². The highest BCUT2D eigenvalue weighted by molar-refractivity contribution is 9.10. The maximum Gasteiger partial charge on any atom is 0.262 e. The Balaban J connectivity index is 1.99. The van der Waals surface area contributed by atoms with Crippen LogP contribution in [0.4, 0.5) is 5.69 Å². The molecular weight excluding hydrogens is 390 g/mol. The Hall–Kier alpha value is -1.85. The molecule has 0 unspecified atom stereocenters. The molecule has 6 heteroatoms. The second-order valence-electron chi connectivity index (χ2n) is 5.29. The molecule has 0 bridgehead atoms. The molecule has 2 N–H and O–H groups in total. The predicted molar refractivity (Wildman–Crippen MR) is 104 cm³/mol. The molecule has 0 saturated carbocycles. The molecule has 2 aromatic rings. The summed E-state index contributed by atoms with van der Waals surface area (Å²) in [6.45, 7) is 3.80. The molecule has 0 saturated heterocycles. The van der Waals surface area contributed by atoms with E-state index >= 15 is 0 Å². The van der Waals surface area contributed by atoms with Gasteiger partial charge in [0.05, 0.1) is 5.71 Å². The van der Waals surface area contributed by atoms with Crippen LogP contribution >= 0.6 is 27.5 Å². The molecule has 0 radical (unpaired) electrons. The quantitative estimate of drug-likeness (QED) is 0.531. The van der Waals surface area contributed by atoms with Crippen LogP contribution in [0.3, 0.4) is 0 Å². The summed E-state index contributed by atoms with van der Waals surface area (Å²) < 4.78 is 1.00. The van der Waals surface area contributed by atoms with Crippen LogP contribution in [0.5, 0.6) is 0 Å². The molecule has 2 aromatic carbocycles. The van der Waals surface area contributed by atoms with E-state index in [9.17, 15) is 4.79 Å². The first-order chi connectivity index (χ1) is 11.5. The predicted octanol–water partition coefficient (Wildman–Crippen LogP) is 4.83. The topological polar surface area (TPSA) is 53.5 Å². The average Bonchev–Trinajstić information content (AvgIpc) is 2.59. The lowest BCUT2D eigenvalue weighted by Gasteiger charge is -2.16. The highest BCUT2D eigenvalue weighted by Crippen LogP contribution is 2.15. The number of hydrogen-bond donors (Lipinski definition) is 2. The zero-order valence-electron chi connectivity index (χ0n) is 13.5. The van der Waals surface area contributed by atoms with E-state index in [4.69, 9.17) is 11.6 Å². The Morgan fingerprint density at radius 2 is 1.79 bits per heavy atom. The van der Waals surface area contributed by atoms with Crippen LogP contribution in [-0.2, 0) is 4.79 Å². The van der Waals surface area contributed by atoms with Gasteiger partial charge in [0.25, 0.3) is 5.91 Å². The molecule has 0 spiro atoms. The van der Waals surface area contributed by atoms with Crippen LogP contribution < -0.4 is 10.7 Å². The SMILES string of the molecule is CC[C@H](Nc1ccc(Cl)cc1)C(=O)N/N=C(\C)c1ccc(Br)cc1. The van der Waals surface area contributed by atoms with Crippen molar-refractivity contribution in [3.8, 4) is 0 Å². The van der Waals surface area contributed by atoms with E-state index in [1.165, 1.54) is 0 Å². The minimum absolute atomic E-state index is 0.177. The first kappa shape index (κ1) is 18.5. The lowest BCUT2D eigenvalue weighted by atomic mass is 10.1. The van der Waals surface area contributed by atoms with E-state index in [-0.39, 0.29) is 11.9 Å². The minimum Gasteiger partial charge on any atom is -0.374 e. The number of benzene rings is 2. The standard InChI is InChI=1S/C18H19BrClN3O/c1-3-17(21-16-10-8-15(20)9-11-16)18(24)23-22-12(2)13-4-6-14(19)7-5-13/h4-11,17,21H,3H2,1-2H3,(H,23,24)/b22-12+/t17-/m0/s1. The Labute approximate surface area is 155 Å². The van der Waals surface area contributed by atoms with Crippen molar-refractivity contribution in [2.45, 2.75) is 26.3 Å². The molecule has 4 nitrogen and oxygen atoms in total. The Bertz CT molecular complexity index is 714. The van der Waals surface area contributed by atoms with Gasteiger partial charge in [-0.15, -0.1) is 0 Å². The third kappa shape index (κ3) is 5.35. The van der Waals surface area contributed by atoms with Crippen molar-refractivity contribution in [2.75, 3.05) is 5.32 Å². The monoisotopic (exact) mass is 407 g/mol. The Morgan fingerprint density at radius 3 is 2.38 bits per heavy atom. The van der Waals surface area contributed by atoms with E-state index in [1.54, 1.807) is 12.1 Å².